The number of anilines is 2. The highest BCUT2D eigenvalue weighted by atomic mass is 16.1. The maximum atomic E-state index is 11.8. The van der Waals surface area contributed by atoms with E-state index in [1.807, 2.05) is 24.3 Å². The van der Waals surface area contributed by atoms with E-state index in [0.29, 0.717) is 5.95 Å². The van der Waals surface area contributed by atoms with Crippen LogP contribution < -0.4 is 4.90 Å². The van der Waals surface area contributed by atoms with Gasteiger partial charge in [-0.3, -0.25) is 4.79 Å². The van der Waals surface area contributed by atoms with Crippen LogP contribution in [0.25, 0.3) is 11.3 Å². The van der Waals surface area contributed by atoms with Crippen LogP contribution in [-0.4, -0.2) is 32.5 Å². The molecule has 0 N–H and O–H groups in total. The summed E-state index contributed by atoms with van der Waals surface area (Å²) in [4.78, 5) is 23.1. The first-order valence-electron chi connectivity index (χ1n) is 12.9. The molecule has 6 heteroatoms. The van der Waals surface area contributed by atoms with Gasteiger partial charge in [0.25, 0.3) is 0 Å². The molecule has 35 heavy (non-hydrogen) atoms. The van der Waals surface area contributed by atoms with E-state index < -0.39 is 0 Å². The average Bonchev–Trinajstić information content (AvgIpc) is 3.60. The molecule has 0 radical (unpaired) electrons. The quantitative estimate of drug-likeness (QED) is 0.353. The van der Waals surface area contributed by atoms with E-state index in [0.717, 1.165) is 40.9 Å². The molecule has 0 saturated heterocycles. The second kappa shape index (κ2) is 10.6. The van der Waals surface area contributed by atoms with Crippen molar-refractivity contribution in [2.75, 3.05) is 11.4 Å². The topological polar surface area (TPSA) is 71.9 Å². The molecule has 1 aromatic carbocycles. The number of fused-ring (bicyclic) bond motifs is 2. The van der Waals surface area contributed by atoms with Gasteiger partial charge in [0.05, 0.1) is 5.69 Å². The number of aromatic nitrogens is 4. The van der Waals surface area contributed by atoms with Gasteiger partial charge in [-0.2, -0.15) is 10.2 Å². The van der Waals surface area contributed by atoms with Gasteiger partial charge in [-0.1, -0.05) is 52.7 Å². The molecule has 0 amide bonds. The first-order chi connectivity index (χ1) is 16.9. The van der Waals surface area contributed by atoms with Gasteiger partial charge < -0.3 is 4.90 Å². The Morgan fingerprint density at radius 2 is 1.74 bits per heavy atom. The third kappa shape index (κ3) is 5.58. The van der Waals surface area contributed by atoms with E-state index in [9.17, 15) is 4.79 Å². The molecule has 1 aliphatic carbocycles. The molecule has 5 rings (SSSR count). The van der Waals surface area contributed by atoms with Crippen LogP contribution in [-0.2, 0) is 5.41 Å². The van der Waals surface area contributed by atoms with Gasteiger partial charge in [0.1, 0.15) is 0 Å². The summed E-state index contributed by atoms with van der Waals surface area (Å²) in [5.41, 5.74) is 4.88. The maximum Gasteiger partial charge on any atom is 0.229 e. The van der Waals surface area contributed by atoms with Gasteiger partial charge in [-0.15, -0.1) is 0 Å². The summed E-state index contributed by atoms with van der Waals surface area (Å²) in [7, 11) is 0. The Bertz CT molecular complexity index is 1130. The van der Waals surface area contributed by atoms with Crippen molar-refractivity contribution in [1.29, 1.82) is 0 Å². The summed E-state index contributed by atoms with van der Waals surface area (Å²) in [6.45, 7) is 11.7. The first-order valence-corrected chi connectivity index (χ1v) is 12.9. The number of nitrogens with zero attached hydrogens (tertiary/aromatic N) is 5. The lowest BCUT2D eigenvalue weighted by atomic mass is 9.94. The average molecular weight is 472 g/mol. The number of rotatable bonds is 7. The number of hydrogen-bond acceptors (Lipinski definition) is 6. The Balaban J connectivity index is 0.000000277. The van der Waals surface area contributed by atoms with Crippen LogP contribution in [0.4, 0.5) is 11.6 Å². The van der Waals surface area contributed by atoms with Crippen molar-refractivity contribution in [3.63, 3.8) is 0 Å². The summed E-state index contributed by atoms with van der Waals surface area (Å²) in [6, 6.07) is 9.74. The molecule has 1 aliphatic heterocycles. The van der Waals surface area contributed by atoms with E-state index in [1.54, 1.807) is 25.5 Å². The summed E-state index contributed by atoms with van der Waals surface area (Å²) < 4.78 is 0. The molecule has 2 atom stereocenters. The Hall–Kier alpha value is -3.15. The predicted octanol–water partition coefficient (Wildman–Crippen LogP) is 6.79. The largest absolute Gasteiger partial charge is 0.309 e. The van der Waals surface area contributed by atoms with Gasteiger partial charge in [0.15, 0.2) is 5.78 Å². The van der Waals surface area contributed by atoms with E-state index in [4.69, 9.17) is 0 Å². The Morgan fingerprint density at radius 3 is 2.29 bits per heavy atom. The molecule has 6 nitrogen and oxygen atoms in total. The molecular formula is C29H37N5O. The monoisotopic (exact) mass is 471 g/mol. The number of ketones is 1. The zero-order valence-electron chi connectivity index (χ0n) is 21.7. The van der Waals surface area contributed by atoms with Gasteiger partial charge in [0, 0.05) is 47.4 Å². The fourth-order valence-corrected chi connectivity index (χ4v) is 4.72. The highest BCUT2D eigenvalue weighted by molar-refractivity contribution is 5.96. The van der Waals surface area contributed by atoms with Crippen molar-refractivity contribution in [2.45, 2.75) is 72.1 Å². The molecule has 2 aromatic heterocycles. The third-order valence-electron chi connectivity index (χ3n) is 7.53. The molecule has 1 saturated carbocycles. The van der Waals surface area contributed by atoms with Crippen molar-refractivity contribution in [1.82, 2.24) is 20.2 Å². The molecule has 2 aliphatic rings. The lowest BCUT2D eigenvalue weighted by Crippen LogP contribution is -2.21. The molecule has 0 bridgehead atoms. The van der Waals surface area contributed by atoms with Crippen molar-refractivity contribution < 1.29 is 4.79 Å². The SMILES string of the molecule is CC(=O)c1ccc2c(c1)N(c1ncc(-c3cccnn3)cn1)CC21CC1.CCC(C)CC(C)CC. The van der Waals surface area contributed by atoms with Crippen LogP contribution in [0.15, 0.2) is 48.9 Å². The van der Waals surface area contributed by atoms with E-state index >= 15 is 0 Å². The smallest absolute Gasteiger partial charge is 0.229 e. The van der Waals surface area contributed by atoms with Crippen LogP contribution >= 0.6 is 0 Å². The van der Waals surface area contributed by atoms with Crippen LogP contribution in [0.3, 0.4) is 0 Å². The highest BCUT2D eigenvalue weighted by Crippen LogP contribution is 2.57. The van der Waals surface area contributed by atoms with E-state index in [1.165, 1.54) is 37.7 Å². The van der Waals surface area contributed by atoms with Gasteiger partial charge in [-0.05, 0) is 61.8 Å². The Labute approximate surface area is 209 Å². The molecule has 1 fully saturated rings. The number of Topliss-reactive ketones (excluding diaryl/α,β-unsaturated/α-hetero) is 1. The van der Waals surface area contributed by atoms with Crippen molar-refractivity contribution in [2.24, 2.45) is 11.8 Å². The second-order valence-electron chi connectivity index (χ2n) is 10.3. The second-order valence-corrected chi connectivity index (χ2v) is 10.3. The Kier molecular flexibility index (Phi) is 7.58. The predicted molar refractivity (Wildman–Crippen MR) is 141 cm³/mol. The summed E-state index contributed by atoms with van der Waals surface area (Å²) in [6.07, 6.45) is 11.6. The van der Waals surface area contributed by atoms with Crippen LogP contribution in [0.1, 0.15) is 82.6 Å². The maximum absolute atomic E-state index is 11.8. The lowest BCUT2D eigenvalue weighted by molar-refractivity contribution is 0.101. The molecule has 1 spiro atoms. The van der Waals surface area contributed by atoms with Gasteiger partial charge in [-0.25, -0.2) is 9.97 Å². The zero-order chi connectivity index (χ0) is 25.0. The van der Waals surface area contributed by atoms with E-state index in [-0.39, 0.29) is 11.2 Å². The fraction of sp³-hybridized carbons (Fsp3) is 0.483. The summed E-state index contributed by atoms with van der Waals surface area (Å²) in [5.74, 6) is 2.59. The Morgan fingerprint density at radius 1 is 1.06 bits per heavy atom. The van der Waals surface area contributed by atoms with Gasteiger partial charge >= 0.3 is 0 Å². The zero-order valence-corrected chi connectivity index (χ0v) is 21.7. The number of carbonyl (C=O) groups excluding carboxylic acids is 1. The summed E-state index contributed by atoms with van der Waals surface area (Å²) in [5, 5.41) is 7.99. The minimum Gasteiger partial charge on any atom is -0.309 e. The van der Waals surface area contributed by atoms with Crippen LogP contribution in [0, 0.1) is 11.8 Å². The van der Waals surface area contributed by atoms with Crippen LogP contribution in [0.2, 0.25) is 0 Å². The molecule has 184 valence electrons. The number of carbonyl (C=O) groups is 1. The van der Waals surface area contributed by atoms with Crippen molar-refractivity contribution in [3.8, 4) is 11.3 Å². The molecule has 2 unspecified atom stereocenters. The summed E-state index contributed by atoms with van der Waals surface area (Å²) >= 11 is 0. The minimum atomic E-state index is 0.0726. The lowest BCUT2D eigenvalue weighted by Gasteiger charge is -2.18. The molecule has 3 heterocycles. The fourth-order valence-electron chi connectivity index (χ4n) is 4.72. The van der Waals surface area contributed by atoms with Crippen LogP contribution in [0.5, 0.6) is 0 Å². The van der Waals surface area contributed by atoms with Crippen molar-refractivity contribution >= 4 is 17.4 Å². The number of benzene rings is 1. The highest BCUT2D eigenvalue weighted by Gasteiger charge is 2.52. The van der Waals surface area contributed by atoms with Crippen molar-refractivity contribution in [3.05, 3.63) is 60.0 Å². The third-order valence-corrected chi connectivity index (χ3v) is 7.53. The van der Waals surface area contributed by atoms with E-state index in [2.05, 4.69) is 58.8 Å². The normalized spacial score (nSPS) is 16.8. The first kappa shape index (κ1) is 25.0. The minimum absolute atomic E-state index is 0.0726. The standard InChI is InChI=1S/C20H17N5O.C9H20/c1-13(26)14-4-5-16-18(9-14)25(12-20(16)6-7-20)19-21-10-15(11-22-19)17-3-2-8-23-24-17;1-5-8(3)7-9(4)6-2/h2-5,8-11H,6-7,12H2,1H3;8-9H,5-7H2,1-4H3. The van der Waals surface area contributed by atoms with Gasteiger partial charge in [0.2, 0.25) is 5.95 Å². The molecule has 3 aromatic rings. The molecular weight excluding hydrogens is 434 g/mol. The number of hydrogen-bond donors (Lipinski definition) is 0.